The highest BCUT2D eigenvalue weighted by molar-refractivity contribution is 5.89. The number of anilines is 2. The first kappa shape index (κ1) is 15.9. The van der Waals surface area contributed by atoms with Crippen molar-refractivity contribution in [3.63, 3.8) is 0 Å². The van der Waals surface area contributed by atoms with Crippen molar-refractivity contribution in [1.82, 2.24) is 5.32 Å². The van der Waals surface area contributed by atoms with E-state index >= 15 is 0 Å². The van der Waals surface area contributed by atoms with Gasteiger partial charge in [0.2, 0.25) is 0 Å². The van der Waals surface area contributed by atoms with Crippen LogP contribution in [0.5, 0.6) is 0 Å². The Balaban J connectivity index is 1.52. The molecule has 2 amide bonds. The molecule has 0 saturated carbocycles. The van der Waals surface area contributed by atoms with Gasteiger partial charge in [-0.15, -0.1) is 0 Å². The maximum Gasteiger partial charge on any atom is 0.319 e. The van der Waals surface area contributed by atoms with E-state index in [9.17, 15) is 4.79 Å². The third-order valence-electron chi connectivity index (χ3n) is 4.29. The Kier molecular flexibility index (Phi) is 4.66. The standard InChI is InChI=1S/C19H20N4O/c1-14(23-11-10-16-4-2-3-5-18(16)23)13-21-19(24)22-17-8-6-15(12-20)7-9-17/h2-9,14H,10-11,13H2,1H3,(H2,21,22,24)/t14-/m1/s1. The van der Waals surface area contributed by atoms with Gasteiger partial charge in [-0.3, -0.25) is 0 Å². The lowest BCUT2D eigenvalue weighted by atomic mass is 10.2. The van der Waals surface area contributed by atoms with E-state index in [4.69, 9.17) is 5.26 Å². The van der Waals surface area contributed by atoms with Gasteiger partial charge in [0, 0.05) is 30.5 Å². The lowest BCUT2D eigenvalue weighted by Crippen LogP contribution is -2.42. The molecule has 1 atom stereocenters. The Morgan fingerprint density at radius 2 is 2.00 bits per heavy atom. The number of hydrogen-bond acceptors (Lipinski definition) is 3. The minimum atomic E-state index is -0.237. The van der Waals surface area contributed by atoms with Gasteiger partial charge in [-0.25, -0.2) is 4.79 Å². The SMILES string of the molecule is C[C@H](CNC(=O)Nc1ccc(C#N)cc1)N1CCc2ccccc21. The van der Waals surface area contributed by atoms with E-state index in [2.05, 4.69) is 52.8 Å². The van der Waals surface area contributed by atoms with Crippen LogP contribution in [-0.4, -0.2) is 25.2 Å². The quantitative estimate of drug-likeness (QED) is 0.909. The number of urea groups is 1. The Morgan fingerprint density at radius 3 is 2.75 bits per heavy atom. The Morgan fingerprint density at radius 1 is 1.25 bits per heavy atom. The minimum absolute atomic E-state index is 0.223. The second-order valence-electron chi connectivity index (χ2n) is 5.95. The number of nitriles is 1. The second kappa shape index (κ2) is 7.05. The van der Waals surface area contributed by atoms with E-state index in [1.807, 2.05) is 0 Å². The van der Waals surface area contributed by atoms with Gasteiger partial charge in [0.25, 0.3) is 0 Å². The molecule has 0 fully saturated rings. The molecule has 0 unspecified atom stereocenters. The highest BCUT2D eigenvalue weighted by Gasteiger charge is 2.22. The predicted octanol–water partition coefficient (Wildman–Crippen LogP) is 3.13. The molecule has 0 bridgehead atoms. The number of carbonyl (C=O) groups is 1. The number of rotatable bonds is 4. The third-order valence-corrected chi connectivity index (χ3v) is 4.29. The molecule has 0 aromatic heterocycles. The van der Waals surface area contributed by atoms with Crippen molar-refractivity contribution < 1.29 is 4.79 Å². The summed E-state index contributed by atoms with van der Waals surface area (Å²) in [4.78, 5) is 14.4. The van der Waals surface area contributed by atoms with Crippen LogP contribution in [0.3, 0.4) is 0 Å². The summed E-state index contributed by atoms with van der Waals surface area (Å²) in [5, 5.41) is 14.5. The highest BCUT2D eigenvalue weighted by atomic mass is 16.2. The van der Waals surface area contributed by atoms with Crippen LogP contribution in [0.15, 0.2) is 48.5 Å². The molecule has 1 heterocycles. The van der Waals surface area contributed by atoms with Gasteiger partial charge < -0.3 is 15.5 Å². The van der Waals surface area contributed by atoms with E-state index in [0.29, 0.717) is 17.8 Å². The Labute approximate surface area is 141 Å². The second-order valence-corrected chi connectivity index (χ2v) is 5.95. The monoisotopic (exact) mass is 320 g/mol. The zero-order valence-corrected chi connectivity index (χ0v) is 13.6. The Hall–Kier alpha value is -3.00. The fourth-order valence-corrected chi connectivity index (χ4v) is 2.98. The van der Waals surface area contributed by atoms with E-state index < -0.39 is 0 Å². The lowest BCUT2D eigenvalue weighted by molar-refractivity contribution is 0.251. The molecule has 1 aliphatic rings. The molecule has 0 aliphatic carbocycles. The van der Waals surface area contributed by atoms with E-state index in [-0.39, 0.29) is 12.1 Å². The lowest BCUT2D eigenvalue weighted by Gasteiger charge is -2.27. The van der Waals surface area contributed by atoms with Crippen molar-refractivity contribution in [2.75, 3.05) is 23.3 Å². The third kappa shape index (κ3) is 3.49. The van der Waals surface area contributed by atoms with Crippen molar-refractivity contribution in [2.45, 2.75) is 19.4 Å². The molecule has 5 heteroatoms. The average molecular weight is 320 g/mol. The van der Waals surface area contributed by atoms with Crippen molar-refractivity contribution in [2.24, 2.45) is 0 Å². The van der Waals surface area contributed by atoms with Crippen LogP contribution in [0, 0.1) is 11.3 Å². The number of nitrogens with zero attached hydrogens (tertiary/aromatic N) is 2. The number of fused-ring (bicyclic) bond motifs is 1. The number of amides is 2. The minimum Gasteiger partial charge on any atom is -0.366 e. The Bertz CT molecular complexity index is 764. The normalized spacial score (nSPS) is 13.8. The van der Waals surface area contributed by atoms with Gasteiger partial charge in [-0.05, 0) is 49.2 Å². The molecule has 0 radical (unpaired) electrons. The molecule has 5 nitrogen and oxygen atoms in total. The van der Waals surface area contributed by atoms with Crippen molar-refractivity contribution in [3.8, 4) is 6.07 Å². The van der Waals surface area contributed by atoms with Gasteiger partial charge in [-0.1, -0.05) is 18.2 Å². The summed E-state index contributed by atoms with van der Waals surface area (Å²) in [6.07, 6.45) is 1.05. The van der Waals surface area contributed by atoms with Crippen molar-refractivity contribution in [1.29, 1.82) is 5.26 Å². The molecule has 122 valence electrons. The number of nitrogens with one attached hydrogen (secondary N) is 2. The first-order chi connectivity index (χ1) is 11.7. The van der Waals surface area contributed by atoms with Gasteiger partial charge in [0.15, 0.2) is 0 Å². The molecule has 0 spiro atoms. The van der Waals surface area contributed by atoms with Crippen LogP contribution in [0.2, 0.25) is 0 Å². The first-order valence-corrected chi connectivity index (χ1v) is 8.07. The molecular weight excluding hydrogens is 300 g/mol. The maximum atomic E-state index is 12.0. The van der Waals surface area contributed by atoms with Gasteiger partial charge in [0.05, 0.1) is 11.6 Å². The number of carbonyl (C=O) groups excluding carboxylic acids is 1. The van der Waals surface area contributed by atoms with Crippen LogP contribution in [0.1, 0.15) is 18.1 Å². The van der Waals surface area contributed by atoms with Crippen LogP contribution in [0.25, 0.3) is 0 Å². The number of hydrogen-bond donors (Lipinski definition) is 2. The summed E-state index contributed by atoms with van der Waals surface area (Å²) >= 11 is 0. The number of benzene rings is 2. The van der Waals surface area contributed by atoms with Gasteiger partial charge in [-0.2, -0.15) is 5.26 Å². The van der Waals surface area contributed by atoms with Gasteiger partial charge in [0.1, 0.15) is 0 Å². The summed E-state index contributed by atoms with van der Waals surface area (Å²) in [5.74, 6) is 0. The molecule has 0 saturated heterocycles. The summed E-state index contributed by atoms with van der Waals surface area (Å²) in [5.41, 5.74) is 3.87. The molecule has 2 aromatic rings. The van der Waals surface area contributed by atoms with Crippen LogP contribution < -0.4 is 15.5 Å². The molecule has 3 rings (SSSR count). The summed E-state index contributed by atoms with van der Waals surface area (Å²) in [7, 11) is 0. The molecule has 2 N–H and O–H groups in total. The largest absolute Gasteiger partial charge is 0.366 e. The topological polar surface area (TPSA) is 68.2 Å². The van der Waals surface area contributed by atoms with Crippen LogP contribution in [0.4, 0.5) is 16.2 Å². The van der Waals surface area contributed by atoms with E-state index in [1.165, 1.54) is 11.3 Å². The van der Waals surface area contributed by atoms with E-state index in [1.54, 1.807) is 24.3 Å². The smallest absolute Gasteiger partial charge is 0.319 e. The summed E-state index contributed by atoms with van der Waals surface area (Å²) in [6, 6.07) is 17.3. The fraction of sp³-hybridized carbons (Fsp3) is 0.263. The summed E-state index contributed by atoms with van der Waals surface area (Å²) < 4.78 is 0. The molecule has 2 aromatic carbocycles. The van der Waals surface area contributed by atoms with Crippen LogP contribution >= 0.6 is 0 Å². The van der Waals surface area contributed by atoms with Crippen molar-refractivity contribution >= 4 is 17.4 Å². The number of para-hydroxylation sites is 1. The maximum absolute atomic E-state index is 12.0. The van der Waals surface area contributed by atoms with Crippen molar-refractivity contribution in [3.05, 3.63) is 59.7 Å². The van der Waals surface area contributed by atoms with Gasteiger partial charge >= 0.3 is 6.03 Å². The predicted molar refractivity (Wildman–Crippen MR) is 95.1 cm³/mol. The fourth-order valence-electron chi connectivity index (χ4n) is 2.98. The van der Waals surface area contributed by atoms with E-state index in [0.717, 1.165) is 13.0 Å². The molecule has 1 aliphatic heterocycles. The zero-order chi connectivity index (χ0) is 16.9. The zero-order valence-electron chi connectivity index (χ0n) is 13.6. The molecule has 24 heavy (non-hydrogen) atoms. The first-order valence-electron chi connectivity index (χ1n) is 8.07. The molecular formula is C19H20N4O. The highest BCUT2D eigenvalue weighted by Crippen LogP contribution is 2.28. The van der Waals surface area contributed by atoms with Crippen LogP contribution in [-0.2, 0) is 6.42 Å². The summed E-state index contributed by atoms with van der Waals surface area (Å²) in [6.45, 7) is 3.67. The average Bonchev–Trinajstić information content (AvgIpc) is 3.04.